The molecule has 2 aromatic rings. The average Bonchev–Trinajstić information content (AvgIpc) is 3.00. The molecule has 110 valence electrons. The standard InChI is InChI=1S/C14H16N4O3/c19-12(7-6-11-4-2-1-3-5-11)18(9-8-13(20)21)14-15-10-16-17-14/h1-5,10H,6-9H2,(H,20,21)(H,15,16,17). The van der Waals surface area contributed by atoms with Crippen molar-refractivity contribution in [1.82, 2.24) is 15.2 Å². The molecule has 7 nitrogen and oxygen atoms in total. The average molecular weight is 288 g/mol. The fourth-order valence-electron chi connectivity index (χ4n) is 1.92. The van der Waals surface area contributed by atoms with Crippen LogP contribution >= 0.6 is 0 Å². The highest BCUT2D eigenvalue weighted by atomic mass is 16.4. The number of rotatable bonds is 7. The maximum absolute atomic E-state index is 12.3. The number of nitrogens with zero attached hydrogens (tertiary/aromatic N) is 3. The fraction of sp³-hybridized carbons (Fsp3) is 0.286. The number of H-pyrrole nitrogens is 1. The van der Waals surface area contributed by atoms with Crippen molar-refractivity contribution in [2.75, 3.05) is 11.4 Å². The molecule has 1 aromatic heterocycles. The van der Waals surface area contributed by atoms with Gasteiger partial charge >= 0.3 is 5.97 Å². The van der Waals surface area contributed by atoms with Gasteiger partial charge in [-0.15, -0.1) is 0 Å². The van der Waals surface area contributed by atoms with E-state index in [0.29, 0.717) is 6.42 Å². The van der Waals surface area contributed by atoms with Crippen LogP contribution in [0.25, 0.3) is 0 Å². The van der Waals surface area contributed by atoms with Crippen LogP contribution in [0.2, 0.25) is 0 Å². The topological polar surface area (TPSA) is 99.2 Å². The van der Waals surface area contributed by atoms with Gasteiger partial charge in [-0.05, 0) is 12.0 Å². The van der Waals surface area contributed by atoms with Crippen molar-refractivity contribution in [3.05, 3.63) is 42.2 Å². The third kappa shape index (κ3) is 4.41. The summed E-state index contributed by atoms with van der Waals surface area (Å²) in [5.74, 6) is -0.874. The van der Waals surface area contributed by atoms with E-state index in [1.54, 1.807) is 0 Å². The second-order valence-electron chi connectivity index (χ2n) is 4.48. The lowest BCUT2D eigenvalue weighted by atomic mass is 10.1. The molecule has 7 heteroatoms. The lowest BCUT2D eigenvalue weighted by Gasteiger charge is -2.18. The summed E-state index contributed by atoms with van der Waals surface area (Å²) >= 11 is 0. The number of carbonyl (C=O) groups is 2. The van der Waals surface area contributed by atoms with Crippen LogP contribution in [-0.4, -0.2) is 38.7 Å². The van der Waals surface area contributed by atoms with Crippen LogP contribution < -0.4 is 4.90 Å². The van der Waals surface area contributed by atoms with Crippen LogP contribution in [0.4, 0.5) is 5.95 Å². The zero-order valence-corrected chi connectivity index (χ0v) is 11.4. The predicted molar refractivity (Wildman–Crippen MR) is 75.8 cm³/mol. The second-order valence-corrected chi connectivity index (χ2v) is 4.48. The van der Waals surface area contributed by atoms with Crippen LogP contribution in [0.15, 0.2) is 36.7 Å². The van der Waals surface area contributed by atoms with Gasteiger partial charge in [0.05, 0.1) is 6.42 Å². The number of carboxylic acid groups (broad SMARTS) is 1. The zero-order chi connectivity index (χ0) is 15.1. The van der Waals surface area contributed by atoms with Crippen molar-refractivity contribution in [3.63, 3.8) is 0 Å². The summed E-state index contributed by atoms with van der Waals surface area (Å²) in [6, 6.07) is 9.64. The molecule has 0 bridgehead atoms. The quantitative estimate of drug-likeness (QED) is 0.798. The van der Waals surface area contributed by atoms with E-state index in [1.807, 2.05) is 30.3 Å². The Morgan fingerprint density at radius 3 is 2.57 bits per heavy atom. The molecule has 0 atom stereocenters. The number of nitrogens with one attached hydrogen (secondary N) is 1. The molecule has 0 aliphatic heterocycles. The maximum atomic E-state index is 12.3. The lowest BCUT2D eigenvalue weighted by Crippen LogP contribution is -2.34. The normalized spacial score (nSPS) is 10.3. The van der Waals surface area contributed by atoms with Gasteiger partial charge in [-0.25, -0.2) is 5.10 Å². The maximum Gasteiger partial charge on any atom is 0.305 e. The summed E-state index contributed by atoms with van der Waals surface area (Å²) in [4.78, 5) is 28.2. The molecule has 2 N–H and O–H groups in total. The largest absolute Gasteiger partial charge is 0.481 e. The number of carboxylic acids is 1. The Morgan fingerprint density at radius 2 is 1.95 bits per heavy atom. The first kappa shape index (κ1) is 14.7. The van der Waals surface area contributed by atoms with Crippen LogP contribution in [-0.2, 0) is 16.0 Å². The highest BCUT2D eigenvalue weighted by Crippen LogP contribution is 2.10. The van der Waals surface area contributed by atoms with E-state index in [4.69, 9.17) is 5.11 Å². The van der Waals surface area contributed by atoms with Crippen molar-refractivity contribution in [3.8, 4) is 0 Å². The summed E-state index contributed by atoms with van der Waals surface area (Å²) in [7, 11) is 0. The van der Waals surface area contributed by atoms with Crippen LogP contribution in [0, 0.1) is 0 Å². The molecule has 0 unspecified atom stereocenters. The highest BCUT2D eigenvalue weighted by molar-refractivity contribution is 5.92. The molecule has 1 amide bonds. The second kappa shape index (κ2) is 7.18. The minimum atomic E-state index is -0.963. The fourth-order valence-corrected chi connectivity index (χ4v) is 1.92. The monoisotopic (exact) mass is 288 g/mol. The van der Waals surface area contributed by atoms with E-state index in [9.17, 15) is 9.59 Å². The van der Waals surface area contributed by atoms with Gasteiger partial charge in [0.2, 0.25) is 11.9 Å². The highest BCUT2D eigenvalue weighted by Gasteiger charge is 2.19. The van der Waals surface area contributed by atoms with Gasteiger partial charge in [-0.3, -0.25) is 14.5 Å². The molecular formula is C14H16N4O3. The summed E-state index contributed by atoms with van der Waals surface area (Å²) in [5, 5.41) is 15.0. The first-order valence-corrected chi connectivity index (χ1v) is 6.58. The van der Waals surface area contributed by atoms with Crippen molar-refractivity contribution >= 4 is 17.8 Å². The van der Waals surface area contributed by atoms with Gasteiger partial charge in [0, 0.05) is 13.0 Å². The zero-order valence-electron chi connectivity index (χ0n) is 11.4. The number of carbonyl (C=O) groups excluding carboxylic acids is 1. The molecule has 1 aromatic carbocycles. The Labute approximate surface area is 121 Å². The molecule has 2 rings (SSSR count). The molecule has 0 aliphatic carbocycles. The summed E-state index contributed by atoms with van der Waals surface area (Å²) in [6.07, 6.45) is 2.02. The van der Waals surface area contributed by atoms with Gasteiger partial charge < -0.3 is 5.11 Å². The third-order valence-corrected chi connectivity index (χ3v) is 2.98. The smallest absolute Gasteiger partial charge is 0.305 e. The van der Waals surface area contributed by atoms with Crippen molar-refractivity contribution < 1.29 is 14.7 Å². The molecule has 0 radical (unpaired) electrons. The van der Waals surface area contributed by atoms with Crippen LogP contribution in [0.5, 0.6) is 0 Å². The van der Waals surface area contributed by atoms with Crippen LogP contribution in [0.3, 0.4) is 0 Å². The first-order valence-electron chi connectivity index (χ1n) is 6.58. The Hall–Kier alpha value is -2.70. The number of hydrogen-bond donors (Lipinski definition) is 2. The number of benzene rings is 1. The lowest BCUT2D eigenvalue weighted by molar-refractivity contribution is -0.136. The number of hydrogen-bond acceptors (Lipinski definition) is 4. The predicted octanol–water partition coefficient (Wildman–Crippen LogP) is 1.25. The Bertz CT molecular complexity index is 584. The minimum Gasteiger partial charge on any atom is -0.481 e. The number of anilines is 1. The molecule has 0 aliphatic rings. The van der Waals surface area contributed by atoms with Crippen molar-refractivity contribution in [2.24, 2.45) is 0 Å². The van der Waals surface area contributed by atoms with E-state index in [-0.39, 0.29) is 31.2 Å². The van der Waals surface area contributed by atoms with Gasteiger partial charge in [0.15, 0.2) is 0 Å². The summed E-state index contributed by atoms with van der Waals surface area (Å²) < 4.78 is 0. The number of aliphatic carboxylic acids is 1. The van der Waals surface area contributed by atoms with Gasteiger partial charge in [0.25, 0.3) is 0 Å². The van der Waals surface area contributed by atoms with Crippen molar-refractivity contribution in [2.45, 2.75) is 19.3 Å². The van der Waals surface area contributed by atoms with Crippen LogP contribution in [0.1, 0.15) is 18.4 Å². The Balaban J connectivity index is 1.99. The first-order chi connectivity index (χ1) is 10.2. The van der Waals surface area contributed by atoms with E-state index in [1.165, 1.54) is 11.2 Å². The molecule has 0 saturated carbocycles. The summed E-state index contributed by atoms with van der Waals surface area (Å²) in [5.41, 5.74) is 1.06. The molecular weight excluding hydrogens is 272 g/mol. The molecule has 0 saturated heterocycles. The Morgan fingerprint density at radius 1 is 1.19 bits per heavy atom. The molecule has 1 heterocycles. The SMILES string of the molecule is O=C(O)CCN(C(=O)CCc1ccccc1)c1ncn[nH]1. The van der Waals surface area contributed by atoms with E-state index < -0.39 is 5.97 Å². The van der Waals surface area contributed by atoms with E-state index >= 15 is 0 Å². The molecule has 21 heavy (non-hydrogen) atoms. The number of aromatic nitrogens is 3. The third-order valence-electron chi connectivity index (χ3n) is 2.98. The minimum absolute atomic E-state index is 0.0676. The van der Waals surface area contributed by atoms with E-state index in [0.717, 1.165) is 5.56 Å². The van der Waals surface area contributed by atoms with Gasteiger partial charge in [-0.2, -0.15) is 10.1 Å². The summed E-state index contributed by atoms with van der Waals surface area (Å²) in [6.45, 7) is 0.0676. The number of aryl methyl sites for hydroxylation is 1. The molecule has 0 spiro atoms. The van der Waals surface area contributed by atoms with E-state index in [2.05, 4.69) is 15.2 Å². The van der Waals surface area contributed by atoms with Crippen molar-refractivity contribution in [1.29, 1.82) is 0 Å². The number of aromatic amines is 1. The molecule has 0 fully saturated rings. The Kier molecular flexibility index (Phi) is 5.03. The number of amides is 1. The van der Waals surface area contributed by atoms with Gasteiger partial charge in [0.1, 0.15) is 6.33 Å². The van der Waals surface area contributed by atoms with Gasteiger partial charge in [-0.1, -0.05) is 30.3 Å².